The normalized spacial score (nSPS) is 17.7. The Balaban J connectivity index is 1.82. The van der Waals surface area contributed by atoms with E-state index < -0.39 is 5.91 Å². The SMILES string of the molecule is CC1CCN(C2=C(c3ccc(Cl)cc3Cl)C(=O)N(c3ccc(C#N)cc3)C2=O)CC1. The molecule has 7 heteroatoms. The summed E-state index contributed by atoms with van der Waals surface area (Å²) in [4.78, 5) is 30.1. The van der Waals surface area contributed by atoms with E-state index >= 15 is 0 Å². The van der Waals surface area contributed by atoms with Crippen molar-refractivity contribution in [2.45, 2.75) is 19.8 Å². The fraction of sp³-hybridized carbons (Fsp3) is 0.261. The van der Waals surface area contributed by atoms with E-state index in [0.29, 0.717) is 57.1 Å². The van der Waals surface area contributed by atoms with Gasteiger partial charge in [0.1, 0.15) is 5.70 Å². The Hall–Kier alpha value is -2.81. The molecule has 0 saturated carbocycles. The van der Waals surface area contributed by atoms with Crippen molar-refractivity contribution in [3.63, 3.8) is 0 Å². The molecule has 0 bridgehead atoms. The summed E-state index contributed by atoms with van der Waals surface area (Å²) in [5.41, 5.74) is 2.04. The number of hydrogen-bond donors (Lipinski definition) is 0. The fourth-order valence-corrected chi connectivity index (χ4v) is 4.40. The van der Waals surface area contributed by atoms with Gasteiger partial charge in [-0.3, -0.25) is 9.59 Å². The van der Waals surface area contributed by atoms with E-state index in [1.165, 1.54) is 0 Å². The number of likely N-dealkylation sites (tertiary alicyclic amines) is 1. The zero-order valence-corrected chi connectivity index (χ0v) is 17.9. The maximum absolute atomic E-state index is 13.5. The van der Waals surface area contributed by atoms with Gasteiger partial charge < -0.3 is 4.90 Å². The van der Waals surface area contributed by atoms with Crippen molar-refractivity contribution in [1.82, 2.24) is 4.90 Å². The van der Waals surface area contributed by atoms with Crippen LogP contribution in [0.4, 0.5) is 5.69 Å². The Kier molecular flexibility index (Phi) is 5.55. The Morgan fingerprint density at radius 3 is 2.27 bits per heavy atom. The maximum atomic E-state index is 13.5. The third kappa shape index (κ3) is 3.58. The number of benzene rings is 2. The van der Waals surface area contributed by atoms with Crippen LogP contribution in [0.3, 0.4) is 0 Å². The minimum atomic E-state index is -0.428. The molecule has 1 saturated heterocycles. The smallest absolute Gasteiger partial charge is 0.282 e. The number of carbonyl (C=O) groups is 2. The topological polar surface area (TPSA) is 64.4 Å². The van der Waals surface area contributed by atoms with Crippen molar-refractivity contribution in [2.75, 3.05) is 18.0 Å². The highest BCUT2D eigenvalue weighted by molar-refractivity contribution is 6.47. The molecule has 5 nitrogen and oxygen atoms in total. The highest BCUT2D eigenvalue weighted by Gasteiger charge is 2.43. The fourth-order valence-electron chi connectivity index (χ4n) is 3.90. The minimum Gasteiger partial charge on any atom is -0.366 e. The number of anilines is 1. The predicted molar refractivity (Wildman–Crippen MR) is 117 cm³/mol. The minimum absolute atomic E-state index is 0.292. The first kappa shape index (κ1) is 20.5. The highest BCUT2D eigenvalue weighted by Crippen LogP contribution is 2.39. The van der Waals surface area contributed by atoms with Crippen molar-refractivity contribution < 1.29 is 9.59 Å². The van der Waals surface area contributed by atoms with Crippen LogP contribution in [-0.4, -0.2) is 29.8 Å². The van der Waals surface area contributed by atoms with Gasteiger partial charge in [0, 0.05) is 23.7 Å². The second kappa shape index (κ2) is 8.14. The van der Waals surface area contributed by atoms with Gasteiger partial charge in [-0.25, -0.2) is 4.90 Å². The van der Waals surface area contributed by atoms with E-state index in [1.807, 2.05) is 11.0 Å². The van der Waals surface area contributed by atoms with Crippen molar-refractivity contribution in [1.29, 1.82) is 5.26 Å². The number of nitrogens with zero attached hydrogens (tertiary/aromatic N) is 3. The summed E-state index contributed by atoms with van der Waals surface area (Å²) in [5, 5.41) is 9.82. The van der Waals surface area contributed by atoms with Crippen LogP contribution < -0.4 is 4.90 Å². The Morgan fingerprint density at radius 2 is 1.67 bits per heavy atom. The van der Waals surface area contributed by atoms with E-state index in [9.17, 15) is 9.59 Å². The summed E-state index contributed by atoms with van der Waals surface area (Å²) < 4.78 is 0. The van der Waals surface area contributed by atoms with E-state index in [1.54, 1.807) is 42.5 Å². The van der Waals surface area contributed by atoms with Gasteiger partial charge in [-0.1, -0.05) is 36.2 Å². The lowest BCUT2D eigenvalue weighted by Crippen LogP contribution is -2.38. The molecule has 152 valence electrons. The van der Waals surface area contributed by atoms with Gasteiger partial charge in [-0.2, -0.15) is 5.26 Å². The molecule has 30 heavy (non-hydrogen) atoms. The summed E-state index contributed by atoms with van der Waals surface area (Å²) >= 11 is 12.5. The molecular formula is C23H19Cl2N3O2. The molecule has 2 heterocycles. The molecule has 2 amide bonds. The summed E-state index contributed by atoms with van der Waals surface area (Å²) in [6.45, 7) is 3.59. The Bertz CT molecular complexity index is 1090. The predicted octanol–water partition coefficient (Wildman–Crippen LogP) is 4.88. The second-order valence-electron chi connectivity index (χ2n) is 7.62. The second-order valence-corrected chi connectivity index (χ2v) is 8.47. The van der Waals surface area contributed by atoms with Gasteiger partial charge in [-0.05, 0) is 55.2 Å². The van der Waals surface area contributed by atoms with Crippen LogP contribution >= 0.6 is 23.2 Å². The van der Waals surface area contributed by atoms with Crippen molar-refractivity contribution >= 4 is 46.3 Å². The van der Waals surface area contributed by atoms with Crippen LogP contribution in [0.15, 0.2) is 48.2 Å². The van der Waals surface area contributed by atoms with E-state index in [4.69, 9.17) is 28.5 Å². The molecule has 2 aromatic carbocycles. The monoisotopic (exact) mass is 439 g/mol. The Morgan fingerprint density at radius 1 is 1.00 bits per heavy atom. The van der Waals surface area contributed by atoms with Gasteiger partial charge in [0.2, 0.25) is 0 Å². The molecule has 0 aromatic heterocycles. The van der Waals surface area contributed by atoms with Gasteiger partial charge in [-0.15, -0.1) is 0 Å². The van der Waals surface area contributed by atoms with Crippen LogP contribution in [-0.2, 0) is 9.59 Å². The molecule has 2 aliphatic heterocycles. The summed E-state index contributed by atoms with van der Waals surface area (Å²) in [6.07, 6.45) is 1.90. The standard InChI is InChI=1S/C23H19Cl2N3O2/c1-14-8-10-27(11-9-14)21-20(18-7-4-16(24)12-19(18)25)22(29)28(23(21)30)17-5-2-15(13-26)3-6-17/h2-7,12,14H,8-11H2,1H3. The van der Waals surface area contributed by atoms with Gasteiger partial charge in [0.15, 0.2) is 0 Å². The number of piperidine rings is 1. The number of halogens is 2. The number of nitriles is 1. The number of imide groups is 1. The molecule has 0 unspecified atom stereocenters. The quantitative estimate of drug-likeness (QED) is 0.639. The lowest BCUT2D eigenvalue weighted by atomic mass is 9.97. The van der Waals surface area contributed by atoms with Crippen molar-refractivity contribution in [3.8, 4) is 6.07 Å². The number of carbonyl (C=O) groups excluding carboxylic acids is 2. The van der Waals surface area contributed by atoms with Gasteiger partial charge in [0.05, 0.1) is 27.9 Å². The highest BCUT2D eigenvalue weighted by atomic mass is 35.5. The first-order valence-electron chi connectivity index (χ1n) is 9.74. The number of amides is 2. The average Bonchev–Trinajstić information content (AvgIpc) is 2.99. The lowest BCUT2D eigenvalue weighted by Gasteiger charge is -2.32. The molecule has 0 spiro atoms. The number of rotatable bonds is 3. The van der Waals surface area contributed by atoms with E-state index in [0.717, 1.165) is 17.7 Å². The molecule has 0 aliphatic carbocycles. The van der Waals surface area contributed by atoms with Crippen LogP contribution in [0, 0.1) is 17.2 Å². The van der Waals surface area contributed by atoms with Crippen LogP contribution in [0.1, 0.15) is 30.9 Å². The maximum Gasteiger partial charge on any atom is 0.282 e. The average molecular weight is 440 g/mol. The van der Waals surface area contributed by atoms with Crippen molar-refractivity contribution in [3.05, 3.63) is 69.3 Å². The summed E-state index contributed by atoms with van der Waals surface area (Å²) in [7, 11) is 0. The molecule has 0 N–H and O–H groups in total. The largest absolute Gasteiger partial charge is 0.366 e. The first-order valence-corrected chi connectivity index (χ1v) is 10.5. The zero-order chi connectivity index (χ0) is 21.4. The molecule has 1 fully saturated rings. The van der Waals surface area contributed by atoms with Crippen LogP contribution in [0.5, 0.6) is 0 Å². The van der Waals surface area contributed by atoms with Gasteiger partial charge in [0.25, 0.3) is 11.8 Å². The molecule has 0 radical (unpaired) electrons. The molecule has 0 atom stereocenters. The summed E-state index contributed by atoms with van der Waals surface area (Å²) in [6, 6.07) is 13.3. The van der Waals surface area contributed by atoms with Crippen LogP contribution in [0.25, 0.3) is 5.57 Å². The zero-order valence-electron chi connectivity index (χ0n) is 16.4. The first-order chi connectivity index (χ1) is 14.4. The third-order valence-electron chi connectivity index (χ3n) is 5.61. The van der Waals surface area contributed by atoms with Gasteiger partial charge >= 0.3 is 0 Å². The lowest BCUT2D eigenvalue weighted by molar-refractivity contribution is -0.120. The van der Waals surface area contributed by atoms with E-state index in [2.05, 4.69) is 6.92 Å². The summed E-state index contributed by atoms with van der Waals surface area (Å²) in [5.74, 6) is -0.228. The number of hydrogen-bond acceptors (Lipinski definition) is 4. The van der Waals surface area contributed by atoms with Crippen molar-refractivity contribution in [2.24, 2.45) is 5.92 Å². The molecular weight excluding hydrogens is 421 g/mol. The Labute approximate surface area is 185 Å². The van der Waals surface area contributed by atoms with E-state index in [-0.39, 0.29) is 5.91 Å². The molecule has 2 aromatic rings. The molecule has 4 rings (SSSR count). The molecule has 2 aliphatic rings. The van der Waals surface area contributed by atoms with Crippen LogP contribution in [0.2, 0.25) is 10.0 Å². The third-order valence-corrected chi connectivity index (χ3v) is 6.16.